The summed E-state index contributed by atoms with van der Waals surface area (Å²) in [5.74, 6) is 2.38. The minimum Gasteiger partial charge on any atom is -0.512 e. The van der Waals surface area contributed by atoms with Gasteiger partial charge >= 0.3 is 0 Å². The molecule has 0 bridgehead atoms. The Morgan fingerprint density at radius 3 is 2.00 bits per heavy atom. The number of aromatic nitrogens is 4. The number of furan rings is 1. The minimum absolute atomic E-state index is 0. The van der Waals surface area contributed by atoms with Gasteiger partial charge in [-0.15, -0.1) is 12.1 Å². The molecule has 0 aliphatic heterocycles. The van der Waals surface area contributed by atoms with Crippen LogP contribution in [0.5, 0.6) is 0 Å². The van der Waals surface area contributed by atoms with Crippen molar-refractivity contribution in [2.45, 2.75) is 116 Å². The fraction of sp³-hybridized carbons (Fsp3) is 0.533. The van der Waals surface area contributed by atoms with E-state index in [4.69, 9.17) is 9.40 Å². The van der Waals surface area contributed by atoms with Gasteiger partial charge in [-0.05, 0) is 71.7 Å². The quantitative estimate of drug-likeness (QED) is 0.0893. The zero-order valence-electron chi connectivity index (χ0n) is 34.6. The number of aryl methyl sites for hydroxylation is 1. The van der Waals surface area contributed by atoms with Gasteiger partial charge in [-0.25, -0.2) is 4.98 Å². The van der Waals surface area contributed by atoms with Crippen LogP contribution in [0, 0.1) is 53.9 Å². The van der Waals surface area contributed by atoms with Crippen molar-refractivity contribution >= 4 is 38.8 Å². The zero-order chi connectivity index (χ0) is 38.9. The van der Waals surface area contributed by atoms with Crippen molar-refractivity contribution in [3.8, 4) is 11.3 Å². The number of allylic oxidation sites excluding steroid dienone is 2. The number of aliphatic hydroxyl groups is 1. The molecule has 0 aliphatic rings. The predicted octanol–water partition coefficient (Wildman–Crippen LogP) is 11.8. The van der Waals surface area contributed by atoms with Gasteiger partial charge in [0.25, 0.3) is 0 Å². The summed E-state index contributed by atoms with van der Waals surface area (Å²) in [6.07, 6.45) is 5.91. The summed E-state index contributed by atoms with van der Waals surface area (Å²) in [4.78, 5) is 30.7. The van der Waals surface area contributed by atoms with Crippen LogP contribution in [-0.4, -0.2) is 30.8 Å². The van der Waals surface area contributed by atoms with E-state index in [1.165, 1.54) is 11.6 Å². The van der Waals surface area contributed by atoms with Crippen molar-refractivity contribution in [3.05, 3.63) is 71.6 Å². The van der Waals surface area contributed by atoms with Crippen LogP contribution >= 0.6 is 0 Å². The van der Waals surface area contributed by atoms with E-state index >= 15 is 0 Å². The number of hydrogen-bond acceptors (Lipinski definition) is 7. The van der Waals surface area contributed by atoms with E-state index in [0.29, 0.717) is 29.3 Å². The van der Waals surface area contributed by atoms with Crippen LogP contribution < -0.4 is 0 Å². The topological polar surface area (TPSA) is 102 Å². The molecular weight excluding hydrogens is 837 g/mol. The van der Waals surface area contributed by atoms with Crippen LogP contribution in [0.25, 0.3) is 44.2 Å². The average Bonchev–Trinajstić information content (AvgIpc) is 3.36. The molecule has 0 fully saturated rings. The molecule has 5 aromatic rings. The molecule has 2 aromatic carbocycles. The van der Waals surface area contributed by atoms with Crippen molar-refractivity contribution in [1.82, 2.24) is 19.9 Å². The Labute approximate surface area is 331 Å². The fourth-order valence-corrected chi connectivity index (χ4v) is 7.61. The molecule has 0 atom stereocenters. The molecule has 1 radical (unpaired) electrons. The number of carbonyl (C=O) groups excluding carboxylic acids is 1. The van der Waals surface area contributed by atoms with Crippen molar-refractivity contribution in [3.63, 3.8) is 0 Å². The molecule has 0 spiro atoms. The molecule has 0 saturated heterocycles. The van der Waals surface area contributed by atoms with Crippen molar-refractivity contribution in [1.29, 1.82) is 0 Å². The van der Waals surface area contributed by atoms with E-state index in [1.807, 2.05) is 13.1 Å². The first kappa shape index (κ1) is 43.9. The van der Waals surface area contributed by atoms with Crippen molar-refractivity contribution < 1.29 is 34.4 Å². The molecule has 0 aliphatic carbocycles. The van der Waals surface area contributed by atoms with Gasteiger partial charge in [0.05, 0.1) is 11.5 Å². The number of nitrogens with zero attached hydrogens (tertiary/aromatic N) is 4. The summed E-state index contributed by atoms with van der Waals surface area (Å²) in [5.41, 5.74) is 7.36. The van der Waals surface area contributed by atoms with Gasteiger partial charge in [-0.3, -0.25) is 19.7 Å². The maximum absolute atomic E-state index is 12.3. The third-order valence-electron chi connectivity index (χ3n) is 9.67. The van der Waals surface area contributed by atoms with Crippen LogP contribution in [0.1, 0.15) is 114 Å². The minimum atomic E-state index is -0.106. The van der Waals surface area contributed by atoms with Gasteiger partial charge in [0.2, 0.25) is 0 Å². The Morgan fingerprint density at radius 2 is 1.45 bits per heavy atom. The fourth-order valence-electron chi connectivity index (χ4n) is 7.61. The Balaban J connectivity index is 0.000000327. The number of hydrogen-bond donors (Lipinski definition) is 1. The second-order valence-corrected chi connectivity index (χ2v) is 18.1. The van der Waals surface area contributed by atoms with E-state index in [0.717, 1.165) is 56.5 Å². The summed E-state index contributed by atoms with van der Waals surface area (Å²) in [7, 11) is 0. The van der Waals surface area contributed by atoms with Crippen molar-refractivity contribution in [2.75, 3.05) is 0 Å². The van der Waals surface area contributed by atoms with E-state index in [9.17, 15) is 9.90 Å². The first-order chi connectivity index (χ1) is 24.1. The summed E-state index contributed by atoms with van der Waals surface area (Å²) >= 11 is 0. The Kier molecular flexibility index (Phi) is 14.4. The second-order valence-electron chi connectivity index (χ2n) is 18.1. The van der Waals surface area contributed by atoms with Crippen LogP contribution in [0.2, 0.25) is 0 Å². The molecule has 53 heavy (non-hydrogen) atoms. The van der Waals surface area contributed by atoms with Crippen LogP contribution in [0.4, 0.5) is 0 Å². The number of ketones is 1. The molecule has 1 N–H and O–H groups in total. The summed E-state index contributed by atoms with van der Waals surface area (Å²) in [6, 6.07) is 12.0. The predicted molar refractivity (Wildman–Crippen MR) is 215 cm³/mol. The van der Waals surface area contributed by atoms with Crippen LogP contribution in [-0.2, 0) is 36.7 Å². The third kappa shape index (κ3) is 10.6. The van der Waals surface area contributed by atoms with Gasteiger partial charge in [0.1, 0.15) is 28.8 Å². The molecular formula is C45H61IrN4O3-. The number of carbonyl (C=O) groups is 1. The van der Waals surface area contributed by atoms with E-state index in [1.54, 1.807) is 6.33 Å². The molecule has 7 nitrogen and oxygen atoms in total. The smallest absolute Gasteiger partial charge is 0.162 e. The molecule has 5 rings (SSSR count). The molecule has 8 heteroatoms. The Hall–Kier alpha value is -3.48. The molecule has 289 valence electrons. The van der Waals surface area contributed by atoms with E-state index in [-0.39, 0.29) is 54.3 Å². The summed E-state index contributed by atoms with van der Waals surface area (Å²) < 4.78 is 6.37. The first-order valence-corrected chi connectivity index (χ1v) is 18.9. The third-order valence-corrected chi connectivity index (χ3v) is 9.67. The molecule has 3 aromatic heterocycles. The van der Waals surface area contributed by atoms with Gasteiger partial charge in [0, 0.05) is 48.9 Å². The summed E-state index contributed by atoms with van der Waals surface area (Å²) in [5, 5.41) is 12.1. The Bertz CT molecular complexity index is 2050. The van der Waals surface area contributed by atoms with E-state index < -0.39 is 0 Å². The van der Waals surface area contributed by atoms with Gasteiger partial charge < -0.3 is 9.52 Å². The van der Waals surface area contributed by atoms with Gasteiger partial charge in [0.15, 0.2) is 5.78 Å². The number of aliphatic hydroxyl groups excluding tert-OH is 1. The van der Waals surface area contributed by atoms with E-state index in [2.05, 4.69) is 142 Å². The first-order valence-electron chi connectivity index (χ1n) is 18.9. The SMILES string of the molecule is CC(C)C(C(=O)/C=C(\O)C(C(C)C)C(C)C)C(C)C.Cc1ncc2[c-]c(-c3ncnc4c3oc3cc(CC(C)(C)C)ccc34)cc(C(C)(C)C)c2n1.[Ir]. The molecule has 3 heterocycles. The normalized spacial score (nSPS) is 12.9. The van der Waals surface area contributed by atoms with Crippen LogP contribution in [0.3, 0.4) is 0 Å². The number of fused-ring (bicyclic) bond motifs is 4. The maximum Gasteiger partial charge on any atom is 0.162 e. The monoisotopic (exact) mass is 898 g/mol. The van der Waals surface area contributed by atoms with Gasteiger partial charge in [-0.2, -0.15) is 0 Å². The Morgan fingerprint density at radius 1 is 0.849 bits per heavy atom. The van der Waals surface area contributed by atoms with Gasteiger partial charge in [-0.1, -0.05) is 120 Å². The molecule has 0 unspecified atom stereocenters. The zero-order valence-corrected chi connectivity index (χ0v) is 37.0. The average molecular weight is 898 g/mol. The standard InChI is InChI=1S/C28H29N4O.C17H32O2.Ir/c1-16-29-14-19-11-18(12-21(23(19)32-16)28(5,6)7)24-26-25(31-15-30-24)20-9-8-17(10-22(20)33-26)13-27(2,3)4;1-10(2)16(11(3)4)14(18)9-15(19)17(12(5)6)13(7)8;/h8-10,12,14-15H,13H2,1-7H3;9-13,16-18H,1-8H3;/q-1;;/b;14-9-;. The number of benzene rings is 2. The molecule has 0 saturated carbocycles. The molecule has 0 amide bonds. The maximum atomic E-state index is 12.3. The van der Waals surface area contributed by atoms with Crippen molar-refractivity contribution in [2.24, 2.45) is 40.9 Å². The number of rotatable bonds is 9. The van der Waals surface area contributed by atoms with Crippen LogP contribution in [0.15, 0.2) is 53.0 Å². The second kappa shape index (κ2) is 17.3. The summed E-state index contributed by atoms with van der Waals surface area (Å²) in [6.45, 7) is 31.8. The largest absolute Gasteiger partial charge is 0.512 e.